The first-order valence-electron chi connectivity index (χ1n) is 18.2. The molecule has 7 atom stereocenters. The van der Waals surface area contributed by atoms with Crippen LogP contribution in [0.5, 0.6) is 34.5 Å². The number of carbonyl (C=O) groups is 2. The van der Waals surface area contributed by atoms with Crippen LogP contribution in [0.15, 0.2) is 53.6 Å². The highest BCUT2D eigenvalue weighted by Gasteiger charge is 2.60. The van der Waals surface area contributed by atoms with E-state index >= 15 is 0 Å². The van der Waals surface area contributed by atoms with Gasteiger partial charge < -0.3 is 52.8 Å². The van der Waals surface area contributed by atoms with E-state index in [1.807, 2.05) is 0 Å². The number of nitrogens with zero attached hydrogens (tertiary/aromatic N) is 2. The van der Waals surface area contributed by atoms with E-state index in [1.165, 1.54) is 27.5 Å². The molecule has 2 heterocycles. The Bertz CT molecular complexity index is 2090. The van der Waals surface area contributed by atoms with Crippen molar-refractivity contribution < 1.29 is 71.5 Å². The summed E-state index contributed by atoms with van der Waals surface area (Å²) in [5.74, 6) is 0.349. The second-order valence-electron chi connectivity index (χ2n) is 14.0. The van der Waals surface area contributed by atoms with Crippen molar-refractivity contribution in [1.82, 2.24) is 10.3 Å². The minimum atomic E-state index is -4.24. The van der Waals surface area contributed by atoms with Crippen LogP contribution >= 0.6 is 15.4 Å². The SMILES string of the molecule is COc1cc([C@@H]2c3cc4c(cc3[C@H](OC(=O)N/N=C/c3cccc(OCCCN(C)CCC(O)([P+](=O)O)P(C)(=O)O)c3)C3COC(=O)[C@@H]32)OCO4)cc(OC)c1OC. The largest absolute Gasteiger partial charge is 0.551 e. The maximum Gasteiger partial charge on any atom is 0.551 e. The molecule has 1 saturated heterocycles. The highest BCUT2D eigenvalue weighted by atomic mass is 31.2. The lowest BCUT2D eigenvalue weighted by atomic mass is 9.66. The second kappa shape index (κ2) is 17.9. The van der Waals surface area contributed by atoms with Crippen molar-refractivity contribution >= 4 is 33.7 Å². The van der Waals surface area contributed by atoms with Crippen LogP contribution in [-0.2, 0) is 23.4 Å². The number of aliphatic hydroxyl groups is 1. The second-order valence-corrected chi connectivity index (χ2v) is 18.2. The van der Waals surface area contributed by atoms with Crippen molar-refractivity contribution in [3.05, 3.63) is 70.8 Å². The molecule has 0 saturated carbocycles. The number of benzene rings is 3. The highest BCUT2D eigenvalue weighted by Crippen LogP contribution is 2.62. The third kappa shape index (κ3) is 8.87. The standard InChI is InChI=1S/C38H45N3O15P2/c1-41(12-10-38(44,57(45)46)58(5,47)48)11-7-13-52-24-9-6-8-22(14-24)19-39-40-37(43)56-34-26-18-29-28(54-21-55-29)17-25(26)32(33-27(34)20-53-36(33)42)23-15-30(49-2)35(51-4)31(16-23)50-3/h6,8-9,14-19,27,32-34,44H,7,10-13,20-21H2,1-5H3,(H2-,40,43,45,46,47,48)/p+1/b39-19+/t27?,32-,33+,34+,38?/m1/s1. The number of hydrogen-bond acceptors (Lipinski definition) is 15. The van der Waals surface area contributed by atoms with Gasteiger partial charge in [-0.2, -0.15) is 9.99 Å². The van der Waals surface area contributed by atoms with Crippen LogP contribution in [0.25, 0.3) is 0 Å². The molecule has 4 N–H and O–H groups in total. The van der Waals surface area contributed by atoms with Crippen LogP contribution in [-0.4, -0.2) is 111 Å². The number of ether oxygens (including phenoxy) is 8. The van der Waals surface area contributed by atoms with E-state index in [4.69, 9.17) is 37.9 Å². The number of hydrogen-bond donors (Lipinski definition) is 4. The van der Waals surface area contributed by atoms with E-state index in [0.717, 1.165) is 6.66 Å². The van der Waals surface area contributed by atoms with E-state index in [1.54, 1.807) is 60.5 Å². The molecule has 58 heavy (non-hydrogen) atoms. The summed E-state index contributed by atoms with van der Waals surface area (Å²) in [6.07, 6.45) is -0.172. The van der Waals surface area contributed by atoms with Crippen molar-refractivity contribution in [2.24, 2.45) is 16.9 Å². The number of carbonyl (C=O) groups excluding carboxylic acids is 2. The Hall–Kier alpha value is -4.96. The lowest BCUT2D eigenvalue weighted by molar-refractivity contribution is -0.141. The van der Waals surface area contributed by atoms with Gasteiger partial charge in [-0.1, -0.05) is 12.1 Å². The average molecular weight is 847 g/mol. The summed E-state index contributed by atoms with van der Waals surface area (Å²) in [7, 11) is -1.29. The third-order valence-electron chi connectivity index (χ3n) is 10.4. The molecule has 0 radical (unpaired) electrons. The monoisotopic (exact) mass is 846 g/mol. The Balaban J connectivity index is 1.11. The maximum atomic E-state index is 13.5. The summed E-state index contributed by atoms with van der Waals surface area (Å²) < 4.78 is 69.2. The number of rotatable bonds is 17. The molecule has 1 fully saturated rings. The quantitative estimate of drug-likeness (QED) is 0.0480. The van der Waals surface area contributed by atoms with Crippen LogP contribution in [0.2, 0.25) is 0 Å². The fraction of sp³-hybridized carbons (Fsp3) is 0.447. The van der Waals surface area contributed by atoms with E-state index in [-0.39, 0.29) is 26.4 Å². The van der Waals surface area contributed by atoms with Crippen LogP contribution in [0.3, 0.4) is 0 Å². The Labute approximate surface area is 335 Å². The zero-order chi connectivity index (χ0) is 41.8. The molecule has 3 aliphatic rings. The summed E-state index contributed by atoms with van der Waals surface area (Å²) in [6.45, 7) is 1.76. The Morgan fingerprint density at radius 3 is 2.38 bits per heavy atom. The summed E-state index contributed by atoms with van der Waals surface area (Å²) >= 11 is 0. The molecule has 4 unspecified atom stereocenters. The molecular formula is C38H46N3O15P2+. The van der Waals surface area contributed by atoms with Gasteiger partial charge in [0, 0.05) is 43.6 Å². The normalized spacial score (nSPS) is 21.6. The highest BCUT2D eigenvalue weighted by molar-refractivity contribution is 7.70. The number of methoxy groups -OCH3 is 3. The number of hydrazone groups is 1. The first-order valence-corrected chi connectivity index (χ1v) is 21.5. The van der Waals surface area contributed by atoms with Gasteiger partial charge in [-0.25, -0.2) is 10.2 Å². The lowest BCUT2D eigenvalue weighted by Crippen LogP contribution is -2.37. The third-order valence-corrected chi connectivity index (χ3v) is 14.4. The Morgan fingerprint density at radius 1 is 1.05 bits per heavy atom. The minimum Gasteiger partial charge on any atom is -0.494 e. The van der Waals surface area contributed by atoms with Crippen molar-refractivity contribution in [2.45, 2.75) is 29.9 Å². The molecule has 6 rings (SSSR count). The number of amides is 1. The average Bonchev–Trinajstić information content (AvgIpc) is 3.82. The molecular weight excluding hydrogens is 800 g/mol. The van der Waals surface area contributed by atoms with E-state index in [2.05, 4.69) is 10.5 Å². The van der Waals surface area contributed by atoms with Crippen molar-refractivity contribution in [3.8, 4) is 34.5 Å². The van der Waals surface area contributed by atoms with Gasteiger partial charge in [-0.3, -0.25) is 9.36 Å². The maximum absolute atomic E-state index is 13.5. The summed E-state index contributed by atoms with van der Waals surface area (Å²) in [5.41, 5.74) is 4.99. The lowest BCUT2D eigenvalue weighted by Gasteiger charge is -2.38. The van der Waals surface area contributed by atoms with E-state index in [0.29, 0.717) is 76.3 Å². The summed E-state index contributed by atoms with van der Waals surface area (Å²) in [5, 5.41) is 11.8. The predicted octanol–water partition coefficient (Wildman–Crippen LogP) is 4.55. The number of fused-ring (bicyclic) bond motifs is 3. The van der Waals surface area contributed by atoms with Gasteiger partial charge in [0.15, 0.2) is 23.0 Å². The zero-order valence-electron chi connectivity index (χ0n) is 32.5. The van der Waals surface area contributed by atoms with Gasteiger partial charge in [-0.15, -0.1) is 0 Å². The van der Waals surface area contributed by atoms with Crippen LogP contribution < -0.4 is 33.8 Å². The first kappa shape index (κ1) is 42.6. The fourth-order valence-corrected chi connectivity index (χ4v) is 9.44. The van der Waals surface area contributed by atoms with E-state index < -0.39 is 56.4 Å². The molecule has 0 aromatic heterocycles. The number of cyclic esters (lactones) is 1. The number of esters is 1. The zero-order valence-corrected chi connectivity index (χ0v) is 34.3. The van der Waals surface area contributed by atoms with Gasteiger partial charge in [0.1, 0.15) is 11.9 Å². The molecule has 1 aliphatic carbocycles. The molecule has 3 aromatic rings. The Kier molecular flexibility index (Phi) is 13.2. The molecule has 20 heteroatoms. The van der Waals surface area contributed by atoms with Crippen LogP contribution in [0.1, 0.15) is 47.1 Å². The van der Waals surface area contributed by atoms with Crippen LogP contribution in [0, 0.1) is 11.8 Å². The molecule has 18 nitrogen and oxygen atoms in total. The van der Waals surface area contributed by atoms with E-state index in [9.17, 15) is 33.6 Å². The molecule has 0 spiro atoms. The Morgan fingerprint density at radius 2 is 1.74 bits per heavy atom. The van der Waals surface area contributed by atoms with Crippen molar-refractivity contribution in [2.75, 3.05) is 68.1 Å². The molecule has 1 amide bonds. The smallest absolute Gasteiger partial charge is 0.494 e. The molecule has 0 bridgehead atoms. The topological polar surface area (TPSA) is 230 Å². The van der Waals surface area contributed by atoms with Gasteiger partial charge in [-0.05, 0) is 71.1 Å². The fourth-order valence-electron chi connectivity index (χ4n) is 7.37. The molecule has 3 aromatic carbocycles. The molecule has 2 aliphatic heterocycles. The first-order chi connectivity index (χ1) is 27.7. The van der Waals surface area contributed by atoms with Crippen LogP contribution in [0.4, 0.5) is 4.79 Å². The van der Waals surface area contributed by atoms with Crippen molar-refractivity contribution in [3.63, 3.8) is 0 Å². The van der Waals surface area contributed by atoms with Gasteiger partial charge >= 0.3 is 25.2 Å². The predicted molar refractivity (Wildman–Crippen MR) is 208 cm³/mol. The summed E-state index contributed by atoms with van der Waals surface area (Å²) in [4.78, 5) is 47.7. The van der Waals surface area contributed by atoms with Gasteiger partial charge in [0.2, 0.25) is 12.5 Å². The van der Waals surface area contributed by atoms with Crippen molar-refractivity contribution in [1.29, 1.82) is 0 Å². The van der Waals surface area contributed by atoms with Gasteiger partial charge in [0.25, 0.3) is 7.37 Å². The van der Waals surface area contributed by atoms with Gasteiger partial charge in [0.05, 0.1) is 46.7 Å². The summed E-state index contributed by atoms with van der Waals surface area (Å²) in [6, 6.07) is 14.1. The number of nitrogens with one attached hydrogen (secondary N) is 1. The minimum absolute atomic E-state index is 0.00389. The molecule has 312 valence electrons.